The van der Waals surface area contributed by atoms with Gasteiger partial charge in [0.15, 0.2) is 0 Å². The van der Waals surface area contributed by atoms with E-state index in [0.717, 1.165) is 43.3 Å². The number of benzene rings is 2. The fourth-order valence-corrected chi connectivity index (χ4v) is 3.83. The summed E-state index contributed by atoms with van der Waals surface area (Å²) in [5.41, 5.74) is 2.77. The van der Waals surface area contributed by atoms with Crippen molar-refractivity contribution in [3.63, 3.8) is 0 Å². The van der Waals surface area contributed by atoms with Gasteiger partial charge in [-0.3, -0.25) is 4.79 Å². The van der Waals surface area contributed by atoms with Crippen LogP contribution in [-0.2, 0) is 16.0 Å². The average Bonchev–Trinajstić information content (AvgIpc) is 2.78. The van der Waals surface area contributed by atoms with Crippen molar-refractivity contribution in [2.45, 2.75) is 58.9 Å². The molecule has 1 amide bonds. The van der Waals surface area contributed by atoms with Crippen LogP contribution in [0.25, 0.3) is 0 Å². The summed E-state index contributed by atoms with van der Waals surface area (Å²) in [5, 5.41) is 16.0. The summed E-state index contributed by atoms with van der Waals surface area (Å²) in [6, 6.07) is 12.5. The monoisotopic (exact) mass is 468 g/mol. The molecular weight excluding hydrogens is 432 g/mol. The van der Waals surface area contributed by atoms with Crippen LogP contribution in [0.2, 0.25) is 0 Å². The van der Waals surface area contributed by atoms with Gasteiger partial charge in [0.05, 0.1) is 19.1 Å². The maximum atomic E-state index is 13.0. The van der Waals surface area contributed by atoms with E-state index in [1.54, 1.807) is 19.1 Å². The minimum atomic E-state index is -1.06. The van der Waals surface area contributed by atoms with Gasteiger partial charge < -0.3 is 25.3 Å². The van der Waals surface area contributed by atoms with Gasteiger partial charge in [-0.1, -0.05) is 38.1 Å². The van der Waals surface area contributed by atoms with Crippen LogP contribution in [0.3, 0.4) is 0 Å². The van der Waals surface area contributed by atoms with Gasteiger partial charge in [-0.2, -0.15) is 0 Å². The number of carboxylic acid groups (broad SMARTS) is 1. The van der Waals surface area contributed by atoms with Crippen molar-refractivity contribution in [3.05, 3.63) is 59.2 Å². The Morgan fingerprint density at radius 3 is 2.56 bits per heavy atom. The molecule has 0 radical (unpaired) electrons. The van der Waals surface area contributed by atoms with Gasteiger partial charge in [0.25, 0.3) is 0 Å². The Hall–Kier alpha value is -3.35. The summed E-state index contributed by atoms with van der Waals surface area (Å²) >= 11 is 0. The van der Waals surface area contributed by atoms with Gasteiger partial charge in [-0.05, 0) is 61.4 Å². The van der Waals surface area contributed by atoms with Crippen LogP contribution in [0.4, 0.5) is 5.69 Å². The number of ether oxygens (including phenoxy) is 1. The zero-order chi connectivity index (χ0) is 24.9. The van der Waals surface area contributed by atoms with Gasteiger partial charge in [0, 0.05) is 18.7 Å². The summed E-state index contributed by atoms with van der Waals surface area (Å²) in [7, 11) is 0. The standard InChI is InChI=1S/C27H36N2O5/c1-4-34-25-17-20(12-13-22(25)27(32)33)18-26(31)29-24(16-19(2)3)21-10-6-7-11-23(21)28-14-8-5-9-15-30/h6-7,10-13,15,17,19,24,28H,4-5,8-9,14,16,18H2,1-3H3,(H,29,31)(H,32,33)/t24-/m0/s1. The summed E-state index contributed by atoms with van der Waals surface area (Å²) < 4.78 is 5.46. The molecule has 34 heavy (non-hydrogen) atoms. The number of hydrogen-bond acceptors (Lipinski definition) is 5. The lowest BCUT2D eigenvalue weighted by Crippen LogP contribution is -2.31. The Labute approximate surface area is 201 Å². The number of para-hydroxylation sites is 1. The number of aldehydes is 1. The Balaban J connectivity index is 2.15. The molecule has 0 aliphatic heterocycles. The first-order valence-corrected chi connectivity index (χ1v) is 11.9. The van der Waals surface area contributed by atoms with Crippen LogP contribution >= 0.6 is 0 Å². The molecular formula is C27H36N2O5. The molecule has 0 heterocycles. The van der Waals surface area contributed by atoms with E-state index in [2.05, 4.69) is 24.5 Å². The van der Waals surface area contributed by atoms with Crippen LogP contribution in [0.1, 0.15) is 74.0 Å². The Bertz CT molecular complexity index is 958. The topological polar surface area (TPSA) is 105 Å². The first-order valence-electron chi connectivity index (χ1n) is 11.9. The largest absolute Gasteiger partial charge is 0.493 e. The fourth-order valence-electron chi connectivity index (χ4n) is 3.83. The molecule has 1 atom stereocenters. The predicted octanol–water partition coefficient (Wildman–Crippen LogP) is 5.01. The van der Waals surface area contributed by atoms with Crippen molar-refractivity contribution >= 4 is 23.9 Å². The first kappa shape index (κ1) is 26.9. The van der Waals surface area contributed by atoms with E-state index in [-0.39, 0.29) is 29.7 Å². The first-order chi connectivity index (χ1) is 16.3. The van der Waals surface area contributed by atoms with Crippen LogP contribution in [0.15, 0.2) is 42.5 Å². The van der Waals surface area contributed by atoms with E-state index in [4.69, 9.17) is 4.74 Å². The molecule has 0 saturated carbocycles. The summed E-state index contributed by atoms with van der Waals surface area (Å²) in [4.78, 5) is 34.9. The number of carbonyl (C=O) groups is 3. The van der Waals surface area contributed by atoms with Gasteiger partial charge in [0.2, 0.25) is 5.91 Å². The number of hydrogen-bond donors (Lipinski definition) is 3. The molecule has 0 aliphatic carbocycles. The Morgan fingerprint density at radius 2 is 1.88 bits per heavy atom. The molecule has 0 spiro atoms. The van der Waals surface area contributed by atoms with Crippen molar-refractivity contribution < 1.29 is 24.2 Å². The van der Waals surface area contributed by atoms with Crippen molar-refractivity contribution in [2.24, 2.45) is 5.92 Å². The van der Waals surface area contributed by atoms with Crippen molar-refractivity contribution in [2.75, 3.05) is 18.5 Å². The second-order valence-corrected chi connectivity index (χ2v) is 8.67. The zero-order valence-electron chi connectivity index (χ0n) is 20.3. The normalized spacial score (nSPS) is 11.6. The van der Waals surface area contributed by atoms with Crippen molar-refractivity contribution in [1.82, 2.24) is 5.32 Å². The highest BCUT2D eigenvalue weighted by Gasteiger charge is 2.20. The molecule has 0 aromatic heterocycles. The van der Waals surface area contributed by atoms with E-state index < -0.39 is 5.97 Å². The SMILES string of the molecule is CCOc1cc(CC(=O)N[C@@H](CC(C)C)c2ccccc2NCCCCC=O)ccc1C(=O)O. The Kier molecular flexibility index (Phi) is 11.1. The quantitative estimate of drug-likeness (QED) is 0.251. The van der Waals surface area contributed by atoms with Crippen LogP contribution < -0.4 is 15.4 Å². The summed E-state index contributed by atoms with van der Waals surface area (Å²) in [6.45, 7) is 7.12. The lowest BCUT2D eigenvalue weighted by molar-refractivity contribution is -0.121. The van der Waals surface area contributed by atoms with Gasteiger partial charge in [-0.15, -0.1) is 0 Å². The Morgan fingerprint density at radius 1 is 1.12 bits per heavy atom. The minimum absolute atomic E-state index is 0.0804. The number of carbonyl (C=O) groups excluding carboxylic acids is 2. The molecule has 2 aromatic rings. The molecule has 7 heteroatoms. The summed E-state index contributed by atoms with van der Waals surface area (Å²) in [5.74, 6) is -0.572. The highest BCUT2D eigenvalue weighted by molar-refractivity contribution is 5.91. The number of nitrogens with one attached hydrogen (secondary N) is 2. The molecule has 3 N–H and O–H groups in total. The molecule has 2 aromatic carbocycles. The summed E-state index contributed by atoms with van der Waals surface area (Å²) in [6.07, 6.45) is 4.13. The van der Waals surface area contributed by atoms with Crippen LogP contribution in [0, 0.1) is 5.92 Å². The molecule has 0 unspecified atom stereocenters. The lowest BCUT2D eigenvalue weighted by Gasteiger charge is -2.24. The van der Waals surface area contributed by atoms with Gasteiger partial charge in [-0.25, -0.2) is 4.79 Å². The van der Waals surface area contributed by atoms with Crippen LogP contribution in [0.5, 0.6) is 5.75 Å². The second kappa shape index (κ2) is 14.0. The van der Waals surface area contributed by atoms with Crippen LogP contribution in [-0.4, -0.2) is 36.4 Å². The zero-order valence-corrected chi connectivity index (χ0v) is 20.3. The third kappa shape index (κ3) is 8.54. The lowest BCUT2D eigenvalue weighted by atomic mass is 9.95. The number of aromatic carboxylic acids is 1. The van der Waals surface area contributed by atoms with Crippen molar-refractivity contribution in [1.29, 1.82) is 0 Å². The maximum absolute atomic E-state index is 13.0. The third-order valence-corrected chi connectivity index (χ3v) is 5.38. The number of anilines is 1. The van der Waals surface area contributed by atoms with E-state index in [9.17, 15) is 19.5 Å². The van der Waals surface area contributed by atoms with Gasteiger partial charge >= 0.3 is 5.97 Å². The molecule has 0 bridgehead atoms. The number of unbranched alkanes of at least 4 members (excludes halogenated alkanes) is 2. The van der Waals surface area contributed by atoms with Crippen molar-refractivity contribution in [3.8, 4) is 5.75 Å². The highest BCUT2D eigenvalue weighted by atomic mass is 16.5. The fraction of sp³-hybridized carbons (Fsp3) is 0.444. The molecule has 0 aliphatic rings. The second-order valence-electron chi connectivity index (χ2n) is 8.67. The molecule has 0 fully saturated rings. The predicted molar refractivity (Wildman–Crippen MR) is 133 cm³/mol. The molecule has 0 saturated heterocycles. The molecule has 2 rings (SSSR count). The molecule has 184 valence electrons. The maximum Gasteiger partial charge on any atom is 0.339 e. The van der Waals surface area contributed by atoms with E-state index in [1.165, 1.54) is 6.07 Å². The minimum Gasteiger partial charge on any atom is -0.493 e. The molecule has 7 nitrogen and oxygen atoms in total. The average molecular weight is 469 g/mol. The number of rotatable bonds is 15. The van der Waals surface area contributed by atoms with Gasteiger partial charge in [0.1, 0.15) is 17.6 Å². The number of amides is 1. The van der Waals surface area contributed by atoms with E-state index >= 15 is 0 Å². The van der Waals surface area contributed by atoms with E-state index in [1.807, 2.05) is 24.3 Å². The highest BCUT2D eigenvalue weighted by Crippen LogP contribution is 2.28. The number of carboxylic acids is 1. The third-order valence-electron chi connectivity index (χ3n) is 5.38. The smallest absolute Gasteiger partial charge is 0.339 e. The van der Waals surface area contributed by atoms with E-state index in [0.29, 0.717) is 24.5 Å².